The first-order valence-corrected chi connectivity index (χ1v) is 13.9. The van der Waals surface area contributed by atoms with Gasteiger partial charge in [0.25, 0.3) is 0 Å². The number of aliphatic hydroxyl groups excluding tert-OH is 1. The first-order chi connectivity index (χ1) is 18.3. The van der Waals surface area contributed by atoms with Crippen molar-refractivity contribution in [2.24, 2.45) is 34.5 Å². The minimum atomic E-state index is -1.73. The van der Waals surface area contributed by atoms with Crippen molar-refractivity contribution in [1.29, 1.82) is 0 Å². The minimum Gasteiger partial charge on any atom is -0.457 e. The van der Waals surface area contributed by atoms with Crippen LogP contribution in [0.15, 0.2) is 48.1 Å². The third kappa shape index (κ3) is 4.25. The predicted molar refractivity (Wildman–Crippen MR) is 144 cm³/mol. The van der Waals surface area contributed by atoms with Gasteiger partial charge in [-0.15, -0.1) is 0 Å². The summed E-state index contributed by atoms with van der Waals surface area (Å²) in [6.07, 6.45) is 6.87. The van der Waals surface area contributed by atoms with Gasteiger partial charge in [-0.3, -0.25) is 19.2 Å². The average molecular weight is 535 g/mol. The summed E-state index contributed by atoms with van der Waals surface area (Å²) in [7, 11) is 0. The Hall–Kier alpha value is -2.90. The van der Waals surface area contributed by atoms with Crippen LogP contribution in [0.4, 0.5) is 0 Å². The summed E-state index contributed by atoms with van der Waals surface area (Å²) in [6.45, 7) is 6.81. The highest BCUT2D eigenvalue weighted by atomic mass is 16.5. The van der Waals surface area contributed by atoms with Crippen molar-refractivity contribution >= 4 is 23.3 Å². The molecular weight excluding hydrogens is 496 g/mol. The van der Waals surface area contributed by atoms with E-state index in [1.807, 2.05) is 19.9 Å². The standard InChI is InChI=1S/C32H38O7/c1-18-13-25-24-10-9-22-15-23(34)11-12-30(22,3)29(24)26(35)16-31(25,4)32(18,38)27(36)17-39-28(37)14-20-5-7-21(8-6-20)19(2)33/h5-8,11-12,15,18,24-26,29,35,38H,9-10,13-14,16-17H2,1-4H3/t18-,24?,25?,26?,29?,30?,31?,32+/m1/s1. The Balaban J connectivity index is 1.32. The van der Waals surface area contributed by atoms with Gasteiger partial charge in [-0.05, 0) is 68.1 Å². The van der Waals surface area contributed by atoms with E-state index in [4.69, 9.17) is 4.74 Å². The molecule has 1 aromatic carbocycles. The number of allylic oxidation sites excluding steroid dienone is 4. The van der Waals surface area contributed by atoms with Crippen LogP contribution in [0.3, 0.4) is 0 Å². The molecule has 0 amide bonds. The van der Waals surface area contributed by atoms with Gasteiger partial charge in [-0.1, -0.05) is 56.7 Å². The molecule has 4 aliphatic rings. The number of rotatable bonds is 6. The third-order valence-electron chi connectivity index (χ3n) is 10.6. The molecule has 2 N–H and O–H groups in total. The molecule has 0 heterocycles. The molecule has 0 bridgehead atoms. The second-order valence-electron chi connectivity index (χ2n) is 12.6. The summed E-state index contributed by atoms with van der Waals surface area (Å²) in [6, 6.07) is 6.65. The Labute approximate surface area is 229 Å². The Morgan fingerprint density at radius 1 is 1.13 bits per heavy atom. The topological polar surface area (TPSA) is 118 Å². The molecule has 3 fully saturated rings. The zero-order valence-corrected chi connectivity index (χ0v) is 23.1. The van der Waals surface area contributed by atoms with Crippen LogP contribution < -0.4 is 0 Å². The number of benzene rings is 1. The van der Waals surface area contributed by atoms with Crippen LogP contribution in [0, 0.1) is 34.5 Å². The number of fused-ring (bicyclic) bond motifs is 5. The molecule has 0 spiro atoms. The van der Waals surface area contributed by atoms with Crippen LogP contribution in [-0.2, 0) is 25.5 Å². The fourth-order valence-electron chi connectivity index (χ4n) is 8.58. The number of carbonyl (C=O) groups excluding carboxylic acids is 4. The number of Topliss-reactive ketones (excluding diaryl/α,β-unsaturated/α-hetero) is 2. The molecule has 39 heavy (non-hydrogen) atoms. The van der Waals surface area contributed by atoms with Crippen LogP contribution >= 0.6 is 0 Å². The normalized spacial score (nSPS) is 38.8. The molecule has 0 saturated heterocycles. The first-order valence-electron chi connectivity index (χ1n) is 13.9. The summed E-state index contributed by atoms with van der Waals surface area (Å²) in [5.74, 6) is -1.57. The van der Waals surface area contributed by atoms with Gasteiger partial charge in [0.15, 0.2) is 18.2 Å². The van der Waals surface area contributed by atoms with Gasteiger partial charge in [-0.2, -0.15) is 0 Å². The second kappa shape index (κ2) is 9.63. The second-order valence-corrected chi connectivity index (χ2v) is 12.6. The molecule has 0 radical (unpaired) electrons. The molecule has 3 saturated carbocycles. The third-order valence-corrected chi connectivity index (χ3v) is 10.6. The summed E-state index contributed by atoms with van der Waals surface area (Å²) in [4.78, 5) is 49.6. The summed E-state index contributed by atoms with van der Waals surface area (Å²) in [5.41, 5.74) is -0.765. The number of hydrogen-bond donors (Lipinski definition) is 2. The van der Waals surface area contributed by atoms with Crippen LogP contribution in [0.1, 0.15) is 69.3 Å². The van der Waals surface area contributed by atoms with Crippen molar-refractivity contribution in [2.45, 2.75) is 71.5 Å². The van der Waals surface area contributed by atoms with E-state index in [-0.39, 0.29) is 48.1 Å². The fourth-order valence-corrected chi connectivity index (χ4v) is 8.58. The molecule has 7 nitrogen and oxygen atoms in total. The smallest absolute Gasteiger partial charge is 0.310 e. The fraction of sp³-hybridized carbons (Fsp3) is 0.562. The maximum Gasteiger partial charge on any atom is 0.310 e. The quantitative estimate of drug-likeness (QED) is 0.421. The van der Waals surface area contributed by atoms with Gasteiger partial charge < -0.3 is 14.9 Å². The number of carbonyl (C=O) groups is 4. The van der Waals surface area contributed by atoms with E-state index < -0.39 is 40.9 Å². The molecule has 8 atom stereocenters. The molecular formula is C32H38O7. The van der Waals surface area contributed by atoms with Gasteiger partial charge in [0.1, 0.15) is 5.60 Å². The highest BCUT2D eigenvalue weighted by Crippen LogP contribution is 2.68. The van der Waals surface area contributed by atoms with Crippen LogP contribution in [0.2, 0.25) is 0 Å². The monoisotopic (exact) mass is 534 g/mol. The van der Waals surface area contributed by atoms with E-state index >= 15 is 0 Å². The van der Waals surface area contributed by atoms with E-state index in [1.54, 1.807) is 36.4 Å². The lowest BCUT2D eigenvalue weighted by molar-refractivity contribution is -0.186. The zero-order valence-electron chi connectivity index (χ0n) is 23.1. The lowest BCUT2D eigenvalue weighted by Crippen LogP contribution is -2.62. The van der Waals surface area contributed by atoms with Crippen molar-refractivity contribution in [1.82, 2.24) is 0 Å². The van der Waals surface area contributed by atoms with Crippen molar-refractivity contribution < 1.29 is 34.1 Å². The average Bonchev–Trinajstić information content (AvgIpc) is 3.09. The van der Waals surface area contributed by atoms with E-state index in [1.165, 1.54) is 6.92 Å². The maximum absolute atomic E-state index is 13.6. The van der Waals surface area contributed by atoms with Crippen molar-refractivity contribution in [3.8, 4) is 0 Å². The SMILES string of the molecule is CC(=O)c1ccc(CC(=O)OCC(=O)[C@@]2(O)[C@H](C)CC3C4CCC5=CC(=O)C=CC5(C)C4C(O)CC32C)cc1. The summed E-state index contributed by atoms with van der Waals surface area (Å²) < 4.78 is 5.34. The van der Waals surface area contributed by atoms with Crippen molar-refractivity contribution in [3.63, 3.8) is 0 Å². The van der Waals surface area contributed by atoms with Gasteiger partial charge in [0.2, 0.25) is 5.78 Å². The maximum atomic E-state index is 13.6. The Morgan fingerprint density at radius 3 is 2.49 bits per heavy atom. The van der Waals surface area contributed by atoms with E-state index in [2.05, 4.69) is 6.92 Å². The molecule has 7 heteroatoms. The van der Waals surface area contributed by atoms with Crippen LogP contribution in [0.25, 0.3) is 0 Å². The molecule has 0 aromatic heterocycles. The van der Waals surface area contributed by atoms with Crippen molar-refractivity contribution in [2.75, 3.05) is 6.61 Å². The summed E-state index contributed by atoms with van der Waals surface area (Å²) in [5, 5.41) is 23.6. The molecule has 4 aliphatic carbocycles. The number of ether oxygens (including phenoxy) is 1. The van der Waals surface area contributed by atoms with Crippen molar-refractivity contribution in [3.05, 3.63) is 59.2 Å². The minimum absolute atomic E-state index is 0.00902. The zero-order chi connectivity index (χ0) is 28.3. The molecule has 5 rings (SSSR count). The highest BCUT2D eigenvalue weighted by Gasteiger charge is 2.70. The number of aliphatic hydroxyl groups is 2. The molecule has 0 aliphatic heterocycles. The Kier molecular flexibility index (Phi) is 6.83. The first kappa shape index (κ1) is 27.7. The Morgan fingerprint density at radius 2 is 1.82 bits per heavy atom. The predicted octanol–water partition coefficient (Wildman–Crippen LogP) is 3.80. The van der Waals surface area contributed by atoms with Crippen LogP contribution in [-0.4, -0.2) is 51.8 Å². The lowest BCUT2D eigenvalue weighted by Gasteiger charge is -2.59. The van der Waals surface area contributed by atoms with E-state index in [0.29, 0.717) is 17.5 Å². The number of ketones is 3. The van der Waals surface area contributed by atoms with Gasteiger partial charge in [0.05, 0.1) is 12.5 Å². The van der Waals surface area contributed by atoms with Gasteiger partial charge in [-0.25, -0.2) is 0 Å². The largest absolute Gasteiger partial charge is 0.457 e. The number of hydrogen-bond acceptors (Lipinski definition) is 7. The van der Waals surface area contributed by atoms with Crippen LogP contribution in [0.5, 0.6) is 0 Å². The Bertz CT molecular complexity index is 1280. The van der Waals surface area contributed by atoms with Gasteiger partial charge in [0, 0.05) is 22.3 Å². The van der Waals surface area contributed by atoms with E-state index in [0.717, 1.165) is 18.4 Å². The summed E-state index contributed by atoms with van der Waals surface area (Å²) >= 11 is 0. The molecule has 208 valence electrons. The van der Waals surface area contributed by atoms with E-state index in [9.17, 15) is 29.4 Å². The lowest BCUT2D eigenvalue weighted by atomic mass is 9.46. The molecule has 6 unspecified atom stereocenters. The number of esters is 1. The molecule has 1 aromatic rings. The van der Waals surface area contributed by atoms with Gasteiger partial charge >= 0.3 is 5.97 Å². The highest BCUT2D eigenvalue weighted by molar-refractivity contribution is 6.01.